The second-order valence-corrected chi connectivity index (χ2v) is 6.49. The van der Waals surface area contributed by atoms with E-state index < -0.39 is 6.10 Å². The minimum absolute atomic E-state index is 0.332. The molecule has 2 rings (SSSR count). The average molecular weight is 265 g/mol. The number of thioether (sulfide) groups is 1. The lowest BCUT2D eigenvalue weighted by Gasteiger charge is -2.21. The van der Waals surface area contributed by atoms with Gasteiger partial charge in [0.15, 0.2) is 0 Å². The van der Waals surface area contributed by atoms with Crippen LogP contribution < -0.4 is 5.73 Å². The van der Waals surface area contributed by atoms with E-state index >= 15 is 0 Å². The number of aliphatic hydroxyl groups excluding tert-OH is 1. The highest BCUT2D eigenvalue weighted by Gasteiger charge is 2.14. The molecule has 2 nitrogen and oxygen atoms in total. The Morgan fingerprint density at radius 1 is 1.17 bits per heavy atom. The van der Waals surface area contributed by atoms with E-state index in [0.717, 1.165) is 5.25 Å². The van der Waals surface area contributed by atoms with Crippen molar-refractivity contribution in [3.63, 3.8) is 0 Å². The van der Waals surface area contributed by atoms with E-state index in [-0.39, 0.29) is 0 Å². The van der Waals surface area contributed by atoms with E-state index in [1.807, 2.05) is 11.8 Å². The molecule has 3 N–H and O–H groups in total. The van der Waals surface area contributed by atoms with Crippen molar-refractivity contribution >= 4 is 11.8 Å². The molecule has 1 fully saturated rings. The molecule has 1 aliphatic rings. The topological polar surface area (TPSA) is 46.2 Å². The molecule has 0 saturated heterocycles. The van der Waals surface area contributed by atoms with E-state index in [1.54, 1.807) is 0 Å². The summed E-state index contributed by atoms with van der Waals surface area (Å²) in [5, 5.41) is 10.3. The van der Waals surface area contributed by atoms with E-state index in [9.17, 15) is 5.11 Å². The predicted molar refractivity (Wildman–Crippen MR) is 77.9 cm³/mol. The van der Waals surface area contributed by atoms with Gasteiger partial charge in [0.05, 0.1) is 6.10 Å². The summed E-state index contributed by atoms with van der Waals surface area (Å²) in [6.07, 6.45) is 7.15. The molecule has 0 heterocycles. The normalized spacial score (nSPS) is 18.8. The average Bonchev–Trinajstić information content (AvgIpc) is 2.42. The molecule has 1 aromatic carbocycles. The number of rotatable bonds is 5. The number of hydrogen-bond donors (Lipinski definition) is 2. The van der Waals surface area contributed by atoms with Gasteiger partial charge in [0.25, 0.3) is 0 Å². The third-order valence-corrected chi connectivity index (χ3v) is 4.87. The van der Waals surface area contributed by atoms with Crippen LogP contribution in [0.1, 0.15) is 37.7 Å². The quantitative estimate of drug-likeness (QED) is 0.860. The van der Waals surface area contributed by atoms with Crippen LogP contribution in [0, 0.1) is 0 Å². The Kier molecular flexibility index (Phi) is 5.54. The van der Waals surface area contributed by atoms with Gasteiger partial charge in [-0.1, -0.05) is 31.4 Å². The molecular weight excluding hydrogens is 242 g/mol. The minimum atomic E-state index is -0.415. The van der Waals surface area contributed by atoms with E-state index in [1.165, 1.54) is 42.6 Å². The van der Waals surface area contributed by atoms with Gasteiger partial charge in [-0.25, -0.2) is 0 Å². The van der Waals surface area contributed by atoms with Gasteiger partial charge in [0, 0.05) is 16.7 Å². The largest absolute Gasteiger partial charge is 0.391 e. The Morgan fingerprint density at radius 3 is 2.44 bits per heavy atom. The smallest absolute Gasteiger partial charge is 0.0702 e. The summed E-state index contributed by atoms with van der Waals surface area (Å²) in [6.45, 7) is 0.332. The molecule has 1 atom stereocenters. The summed E-state index contributed by atoms with van der Waals surface area (Å²) in [4.78, 5) is 1.35. The van der Waals surface area contributed by atoms with Crippen LogP contribution in [0.3, 0.4) is 0 Å². The van der Waals surface area contributed by atoms with Crippen LogP contribution >= 0.6 is 11.8 Å². The zero-order valence-corrected chi connectivity index (χ0v) is 11.7. The first-order chi connectivity index (χ1) is 8.78. The molecule has 0 radical (unpaired) electrons. The van der Waals surface area contributed by atoms with E-state index in [0.29, 0.717) is 13.0 Å². The summed E-state index contributed by atoms with van der Waals surface area (Å²) >= 11 is 2.01. The number of hydrogen-bond acceptors (Lipinski definition) is 3. The summed E-state index contributed by atoms with van der Waals surface area (Å²) < 4.78 is 0. The molecule has 1 aliphatic carbocycles. The first-order valence-electron chi connectivity index (χ1n) is 6.91. The van der Waals surface area contributed by atoms with Gasteiger partial charge >= 0.3 is 0 Å². The zero-order chi connectivity index (χ0) is 12.8. The van der Waals surface area contributed by atoms with Crippen LogP contribution in [0.4, 0.5) is 0 Å². The maximum atomic E-state index is 9.51. The van der Waals surface area contributed by atoms with Gasteiger partial charge in [-0.15, -0.1) is 11.8 Å². The number of nitrogens with two attached hydrogens (primary N) is 1. The second-order valence-electron chi connectivity index (χ2n) is 5.12. The SMILES string of the molecule is NCC(O)Cc1ccc(SC2CCCCC2)cc1. The summed E-state index contributed by atoms with van der Waals surface area (Å²) in [6, 6.07) is 8.59. The van der Waals surface area contributed by atoms with Crippen molar-refractivity contribution in [1.29, 1.82) is 0 Å². The first-order valence-corrected chi connectivity index (χ1v) is 7.79. The first kappa shape index (κ1) is 13.9. The fraction of sp³-hybridized carbons (Fsp3) is 0.600. The molecule has 0 bridgehead atoms. The monoisotopic (exact) mass is 265 g/mol. The summed E-state index contributed by atoms with van der Waals surface area (Å²) in [5.41, 5.74) is 6.59. The Labute approximate surface area is 114 Å². The van der Waals surface area contributed by atoms with Gasteiger partial charge in [-0.3, -0.25) is 0 Å². The third kappa shape index (κ3) is 4.30. The fourth-order valence-electron chi connectivity index (χ4n) is 2.43. The molecule has 0 aromatic heterocycles. The molecule has 1 saturated carbocycles. The summed E-state index contributed by atoms with van der Waals surface area (Å²) in [7, 11) is 0. The van der Waals surface area contributed by atoms with Crippen molar-refractivity contribution in [3.05, 3.63) is 29.8 Å². The Hall–Kier alpha value is -0.510. The zero-order valence-electron chi connectivity index (χ0n) is 10.8. The van der Waals surface area contributed by atoms with Crippen molar-refractivity contribution in [2.75, 3.05) is 6.54 Å². The third-order valence-electron chi connectivity index (χ3n) is 3.52. The lowest BCUT2D eigenvalue weighted by molar-refractivity contribution is 0.183. The van der Waals surface area contributed by atoms with E-state index in [4.69, 9.17) is 5.73 Å². The molecule has 0 amide bonds. The van der Waals surface area contributed by atoms with Gasteiger partial charge in [-0.05, 0) is 37.0 Å². The second kappa shape index (κ2) is 7.17. The highest BCUT2D eigenvalue weighted by atomic mass is 32.2. The molecule has 18 heavy (non-hydrogen) atoms. The van der Waals surface area contributed by atoms with Crippen LogP contribution in [-0.4, -0.2) is 23.0 Å². The molecular formula is C15H23NOS. The van der Waals surface area contributed by atoms with Gasteiger partial charge in [-0.2, -0.15) is 0 Å². The van der Waals surface area contributed by atoms with Gasteiger partial charge in [0.1, 0.15) is 0 Å². The van der Waals surface area contributed by atoms with Crippen molar-refractivity contribution in [2.45, 2.75) is 54.8 Å². The van der Waals surface area contributed by atoms with Crippen LogP contribution in [0.5, 0.6) is 0 Å². The minimum Gasteiger partial charge on any atom is -0.391 e. The Morgan fingerprint density at radius 2 is 1.83 bits per heavy atom. The summed E-state index contributed by atoms with van der Waals surface area (Å²) in [5.74, 6) is 0. The maximum Gasteiger partial charge on any atom is 0.0702 e. The lowest BCUT2D eigenvalue weighted by Crippen LogP contribution is -2.21. The van der Waals surface area contributed by atoms with Crippen LogP contribution in [0.25, 0.3) is 0 Å². The van der Waals surface area contributed by atoms with Crippen molar-refractivity contribution in [3.8, 4) is 0 Å². The van der Waals surface area contributed by atoms with E-state index in [2.05, 4.69) is 24.3 Å². The van der Waals surface area contributed by atoms with Crippen molar-refractivity contribution in [2.24, 2.45) is 5.73 Å². The Balaban J connectivity index is 1.86. The molecule has 1 aromatic rings. The highest BCUT2D eigenvalue weighted by Crippen LogP contribution is 2.33. The highest BCUT2D eigenvalue weighted by molar-refractivity contribution is 8.00. The van der Waals surface area contributed by atoms with Gasteiger partial charge < -0.3 is 10.8 Å². The van der Waals surface area contributed by atoms with Crippen LogP contribution in [0.15, 0.2) is 29.2 Å². The molecule has 0 spiro atoms. The van der Waals surface area contributed by atoms with Crippen molar-refractivity contribution < 1.29 is 5.11 Å². The lowest BCUT2D eigenvalue weighted by atomic mass is 10.0. The van der Waals surface area contributed by atoms with Gasteiger partial charge in [0.2, 0.25) is 0 Å². The standard InChI is InChI=1S/C15H23NOS/c16-11-13(17)10-12-6-8-15(9-7-12)18-14-4-2-1-3-5-14/h6-9,13-14,17H,1-5,10-11,16H2. The molecule has 0 aliphatic heterocycles. The predicted octanol–water partition coefficient (Wildman–Crippen LogP) is 2.97. The number of benzene rings is 1. The fourth-order valence-corrected chi connectivity index (χ4v) is 3.68. The number of aliphatic hydroxyl groups is 1. The maximum absolute atomic E-state index is 9.51. The molecule has 1 unspecified atom stereocenters. The van der Waals surface area contributed by atoms with Crippen LogP contribution in [-0.2, 0) is 6.42 Å². The molecule has 100 valence electrons. The Bertz CT molecular complexity index is 346. The van der Waals surface area contributed by atoms with Crippen LogP contribution in [0.2, 0.25) is 0 Å². The van der Waals surface area contributed by atoms with Crippen molar-refractivity contribution in [1.82, 2.24) is 0 Å². The molecule has 3 heteroatoms.